The lowest BCUT2D eigenvalue weighted by atomic mass is 10.3. The van der Waals surface area contributed by atoms with E-state index < -0.39 is 0 Å². The molecule has 0 amide bonds. The number of hydrogen-bond acceptors (Lipinski definition) is 5. The lowest BCUT2D eigenvalue weighted by Crippen LogP contribution is -2.05. The maximum atomic E-state index is 5.66. The third kappa shape index (κ3) is 2.28. The number of fused-ring (bicyclic) bond motifs is 1. The number of ether oxygens (including phenoxy) is 1. The Kier molecular flexibility index (Phi) is 3.43. The second-order valence-electron chi connectivity index (χ2n) is 4.07. The van der Waals surface area contributed by atoms with Crippen molar-refractivity contribution < 1.29 is 4.74 Å². The zero-order valence-corrected chi connectivity index (χ0v) is 12.9. The molecule has 0 aliphatic rings. The summed E-state index contributed by atoms with van der Waals surface area (Å²) in [5, 5.41) is 0. The van der Waals surface area contributed by atoms with Gasteiger partial charge in [0.1, 0.15) is 5.82 Å². The summed E-state index contributed by atoms with van der Waals surface area (Å²) < 4.78 is 8.56. The second-order valence-corrected chi connectivity index (χ2v) is 5.31. The summed E-state index contributed by atoms with van der Waals surface area (Å²) in [5.74, 6) is 0.864. The number of nitrogens with two attached hydrogens (primary N) is 1. The Labute approximate surface area is 129 Å². The average molecular weight is 381 g/mol. The molecule has 3 aromatic rings. The predicted octanol–water partition coefficient (Wildman–Crippen LogP) is 2.40. The molecule has 0 aliphatic carbocycles. The number of benzene rings is 1. The van der Waals surface area contributed by atoms with Gasteiger partial charge in [-0.1, -0.05) is 0 Å². The van der Waals surface area contributed by atoms with Crippen LogP contribution in [0.5, 0.6) is 6.01 Å². The number of aromatic nitrogens is 4. The van der Waals surface area contributed by atoms with Crippen molar-refractivity contribution in [3.8, 4) is 11.8 Å². The molecule has 20 heavy (non-hydrogen) atoms. The normalized spacial score (nSPS) is 10.9. The Hall–Kier alpha value is -1.90. The molecule has 102 valence electrons. The van der Waals surface area contributed by atoms with Gasteiger partial charge in [-0.3, -0.25) is 0 Å². The van der Waals surface area contributed by atoms with Gasteiger partial charge in [-0.05, 0) is 47.7 Å². The highest BCUT2D eigenvalue weighted by Gasteiger charge is 2.15. The Morgan fingerprint density at radius 1 is 1.30 bits per heavy atom. The van der Waals surface area contributed by atoms with Gasteiger partial charge in [0.2, 0.25) is 5.95 Å². The molecular formula is C13H12IN5O. The third-order valence-electron chi connectivity index (χ3n) is 2.75. The number of halogens is 1. The van der Waals surface area contributed by atoms with Crippen molar-refractivity contribution in [1.29, 1.82) is 0 Å². The van der Waals surface area contributed by atoms with Crippen LogP contribution in [-0.4, -0.2) is 26.1 Å². The number of nitrogens with zero attached hydrogens (tertiary/aromatic N) is 4. The van der Waals surface area contributed by atoms with Crippen LogP contribution in [0.2, 0.25) is 0 Å². The van der Waals surface area contributed by atoms with Gasteiger partial charge < -0.3 is 10.5 Å². The van der Waals surface area contributed by atoms with E-state index in [0.717, 1.165) is 14.6 Å². The second kappa shape index (κ2) is 5.23. The van der Waals surface area contributed by atoms with E-state index in [9.17, 15) is 0 Å². The van der Waals surface area contributed by atoms with Crippen molar-refractivity contribution in [1.82, 2.24) is 19.5 Å². The molecule has 2 N–H and O–H groups in total. The Morgan fingerprint density at radius 3 is 2.90 bits per heavy atom. The smallest absolute Gasteiger partial charge is 0.303 e. The van der Waals surface area contributed by atoms with Crippen molar-refractivity contribution in [2.24, 2.45) is 0 Å². The summed E-state index contributed by atoms with van der Waals surface area (Å²) in [4.78, 5) is 12.6. The van der Waals surface area contributed by atoms with Crippen molar-refractivity contribution in [2.75, 3.05) is 12.3 Å². The topological polar surface area (TPSA) is 78.8 Å². The van der Waals surface area contributed by atoms with Crippen molar-refractivity contribution in [2.45, 2.75) is 6.92 Å². The first-order valence-electron chi connectivity index (χ1n) is 6.08. The minimum atomic E-state index is 0.220. The van der Waals surface area contributed by atoms with E-state index in [1.54, 1.807) is 12.3 Å². The number of nitrogen functional groups attached to an aromatic ring is 1. The highest BCUT2D eigenvalue weighted by molar-refractivity contribution is 14.1. The van der Waals surface area contributed by atoms with Gasteiger partial charge in [0, 0.05) is 15.8 Å². The molecule has 0 saturated carbocycles. The van der Waals surface area contributed by atoms with E-state index in [2.05, 4.69) is 37.5 Å². The number of anilines is 1. The van der Waals surface area contributed by atoms with Gasteiger partial charge in [-0.2, -0.15) is 9.97 Å². The van der Waals surface area contributed by atoms with Crippen LogP contribution in [0.1, 0.15) is 6.92 Å². The van der Waals surface area contributed by atoms with Gasteiger partial charge >= 0.3 is 6.01 Å². The molecule has 3 rings (SSSR count). The first kappa shape index (κ1) is 13.1. The van der Waals surface area contributed by atoms with Crippen molar-refractivity contribution >= 4 is 39.6 Å². The molecular weight excluding hydrogens is 369 g/mol. The van der Waals surface area contributed by atoms with Gasteiger partial charge in [0.05, 0.1) is 17.6 Å². The molecule has 0 bridgehead atoms. The maximum absolute atomic E-state index is 5.66. The highest BCUT2D eigenvalue weighted by Crippen LogP contribution is 2.26. The molecule has 0 unspecified atom stereocenters. The lowest BCUT2D eigenvalue weighted by molar-refractivity contribution is 0.309. The SMILES string of the molecule is CCOc1nc2ccc(I)cc2n1-c1ccnc(N)n1. The lowest BCUT2D eigenvalue weighted by Gasteiger charge is -2.08. The van der Waals surface area contributed by atoms with Crippen molar-refractivity contribution in [3.63, 3.8) is 0 Å². The monoisotopic (exact) mass is 381 g/mol. The largest absolute Gasteiger partial charge is 0.465 e. The Morgan fingerprint density at radius 2 is 2.15 bits per heavy atom. The molecule has 0 radical (unpaired) electrons. The van der Waals surface area contributed by atoms with E-state index in [4.69, 9.17) is 10.5 Å². The molecule has 6 nitrogen and oxygen atoms in total. The minimum absolute atomic E-state index is 0.220. The average Bonchev–Trinajstić information content (AvgIpc) is 2.76. The molecule has 0 saturated heterocycles. The molecule has 0 fully saturated rings. The fourth-order valence-corrected chi connectivity index (χ4v) is 2.44. The van der Waals surface area contributed by atoms with E-state index in [0.29, 0.717) is 18.4 Å². The van der Waals surface area contributed by atoms with Crippen molar-refractivity contribution in [3.05, 3.63) is 34.0 Å². The quantitative estimate of drug-likeness (QED) is 0.705. The van der Waals surface area contributed by atoms with Crippen LogP contribution in [0.15, 0.2) is 30.5 Å². The minimum Gasteiger partial charge on any atom is -0.465 e. The maximum Gasteiger partial charge on any atom is 0.303 e. The Bertz CT molecular complexity index is 771. The molecule has 2 aromatic heterocycles. The van der Waals surface area contributed by atoms with Gasteiger partial charge in [0.15, 0.2) is 0 Å². The summed E-state index contributed by atoms with van der Waals surface area (Å²) in [6, 6.07) is 8.27. The predicted molar refractivity (Wildman–Crippen MR) is 85.0 cm³/mol. The zero-order chi connectivity index (χ0) is 14.1. The van der Waals surface area contributed by atoms with Crippen LogP contribution in [0, 0.1) is 3.57 Å². The van der Waals surface area contributed by atoms with Crippen LogP contribution in [-0.2, 0) is 0 Å². The van der Waals surface area contributed by atoms with E-state index >= 15 is 0 Å². The summed E-state index contributed by atoms with van der Waals surface area (Å²) >= 11 is 2.26. The summed E-state index contributed by atoms with van der Waals surface area (Å²) in [6.07, 6.45) is 1.62. The van der Waals surface area contributed by atoms with Crippen LogP contribution in [0.4, 0.5) is 5.95 Å². The van der Waals surface area contributed by atoms with Gasteiger partial charge in [0.25, 0.3) is 0 Å². The van der Waals surface area contributed by atoms with E-state index in [1.165, 1.54) is 0 Å². The van der Waals surface area contributed by atoms with E-state index in [1.807, 2.05) is 29.7 Å². The molecule has 1 aromatic carbocycles. The fraction of sp³-hybridized carbons (Fsp3) is 0.154. The fourth-order valence-electron chi connectivity index (χ4n) is 1.96. The van der Waals surface area contributed by atoms with Gasteiger partial charge in [-0.25, -0.2) is 9.55 Å². The van der Waals surface area contributed by atoms with Crippen LogP contribution >= 0.6 is 22.6 Å². The Balaban J connectivity index is 2.30. The summed E-state index contributed by atoms with van der Waals surface area (Å²) in [7, 11) is 0. The molecule has 0 atom stereocenters. The first-order chi connectivity index (χ1) is 9.69. The van der Waals surface area contributed by atoms with Crippen LogP contribution in [0.25, 0.3) is 16.9 Å². The summed E-state index contributed by atoms with van der Waals surface area (Å²) in [6.45, 7) is 2.45. The molecule has 7 heteroatoms. The molecule has 0 aliphatic heterocycles. The molecule has 0 spiro atoms. The highest BCUT2D eigenvalue weighted by atomic mass is 127. The van der Waals surface area contributed by atoms with Gasteiger partial charge in [-0.15, -0.1) is 0 Å². The standard InChI is InChI=1S/C13H12IN5O/c1-2-20-13-17-9-4-3-8(14)7-10(9)19(13)11-5-6-16-12(15)18-11/h3-7H,2H2,1H3,(H2,15,16,18). The summed E-state index contributed by atoms with van der Waals surface area (Å²) in [5.41, 5.74) is 7.45. The molecule has 2 heterocycles. The third-order valence-corrected chi connectivity index (χ3v) is 3.42. The number of hydrogen-bond donors (Lipinski definition) is 1. The number of rotatable bonds is 3. The zero-order valence-electron chi connectivity index (χ0n) is 10.7. The van der Waals surface area contributed by atoms with Crippen LogP contribution < -0.4 is 10.5 Å². The van der Waals surface area contributed by atoms with E-state index in [-0.39, 0.29) is 5.95 Å². The first-order valence-corrected chi connectivity index (χ1v) is 7.16. The van der Waals surface area contributed by atoms with Crippen LogP contribution in [0.3, 0.4) is 0 Å². The number of imidazole rings is 1.